The molecule has 2 aromatic heterocycles. The van der Waals surface area contributed by atoms with Crippen molar-refractivity contribution in [2.75, 3.05) is 0 Å². The van der Waals surface area contributed by atoms with E-state index in [2.05, 4.69) is 62.9 Å². The highest BCUT2D eigenvalue weighted by atomic mass is 127. The quantitative estimate of drug-likeness (QED) is 0.582. The van der Waals surface area contributed by atoms with Gasteiger partial charge >= 0.3 is 0 Å². The van der Waals surface area contributed by atoms with Crippen LogP contribution in [0.5, 0.6) is 0 Å². The van der Waals surface area contributed by atoms with Crippen molar-refractivity contribution in [3.8, 4) is 11.5 Å². The van der Waals surface area contributed by atoms with E-state index in [-0.39, 0.29) is 0 Å². The second kappa shape index (κ2) is 6.17. The van der Waals surface area contributed by atoms with Gasteiger partial charge in [0.2, 0.25) is 0 Å². The molecule has 0 amide bonds. The average molecular weight is 391 g/mol. The summed E-state index contributed by atoms with van der Waals surface area (Å²) in [4.78, 5) is 13.2. The minimum Gasteiger partial charge on any atom is -0.328 e. The molecule has 0 aromatic carbocycles. The summed E-state index contributed by atoms with van der Waals surface area (Å²) in [5, 5.41) is 0.513. The molecular formula is C13H16ClIN4. The SMILES string of the molecule is CCCn1cncc1-c1nc(Cl)c(I)c(C(C)C)n1. The molecule has 102 valence electrons. The molecule has 0 aliphatic carbocycles. The number of hydrogen-bond acceptors (Lipinski definition) is 3. The van der Waals surface area contributed by atoms with E-state index < -0.39 is 0 Å². The molecule has 19 heavy (non-hydrogen) atoms. The van der Waals surface area contributed by atoms with Crippen LogP contribution in [0.4, 0.5) is 0 Å². The Hall–Kier alpha value is -0.690. The molecule has 0 bridgehead atoms. The number of halogens is 2. The smallest absolute Gasteiger partial charge is 0.179 e. The highest BCUT2D eigenvalue weighted by Gasteiger charge is 2.16. The summed E-state index contributed by atoms with van der Waals surface area (Å²) >= 11 is 8.42. The molecular weight excluding hydrogens is 375 g/mol. The summed E-state index contributed by atoms with van der Waals surface area (Å²) in [6, 6.07) is 0. The van der Waals surface area contributed by atoms with Crippen molar-refractivity contribution < 1.29 is 0 Å². The van der Waals surface area contributed by atoms with Crippen LogP contribution in [0.2, 0.25) is 5.15 Å². The van der Waals surface area contributed by atoms with Gasteiger partial charge in [0.15, 0.2) is 5.82 Å². The zero-order valence-electron chi connectivity index (χ0n) is 11.2. The van der Waals surface area contributed by atoms with E-state index in [1.165, 1.54) is 0 Å². The van der Waals surface area contributed by atoms with Crippen molar-refractivity contribution in [1.82, 2.24) is 19.5 Å². The van der Waals surface area contributed by atoms with E-state index >= 15 is 0 Å². The Morgan fingerprint density at radius 2 is 2.11 bits per heavy atom. The van der Waals surface area contributed by atoms with Gasteiger partial charge < -0.3 is 4.57 Å². The van der Waals surface area contributed by atoms with Crippen molar-refractivity contribution in [3.63, 3.8) is 0 Å². The van der Waals surface area contributed by atoms with Gasteiger partial charge in [-0.1, -0.05) is 32.4 Å². The van der Waals surface area contributed by atoms with E-state index in [1.54, 1.807) is 6.20 Å². The largest absolute Gasteiger partial charge is 0.328 e. The van der Waals surface area contributed by atoms with Crippen LogP contribution in [0.3, 0.4) is 0 Å². The average Bonchev–Trinajstić information content (AvgIpc) is 2.81. The molecule has 0 aliphatic rings. The standard InChI is InChI=1S/C13H16ClIN4/c1-4-5-19-7-16-6-9(19)13-17-11(8(2)3)10(15)12(14)18-13/h6-8H,4-5H2,1-3H3. The second-order valence-corrected chi connectivity index (χ2v) is 6.10. The first-order valence-electron chi connectivity index (χ1n) is 6.28. The number of aromatic nitrogens is 4. The molecule has 6 heteroatoms. The molecule has 0 aliphatic heterocycles. The van der Waals surface area contributed by atoms with Crippen LogP contribution in [0.25, 0.3) is 11.5 Å². The minimum absolute atomic E-state index is 0.314. The molecule has 0 saturated carbocycles. The van der Waals surface area contributed by atoms with Crippen molar-refractivity contribution in [1.29, 1.82) is 0 Å². The maximum absolute atomic E-state index is 6.22. The van der Waals surface area contributed by atoms with Crippen molar-refractivity contribution in [2.45, 2.75) is 39.7 Å². The number of hydrogen-bond donors (Lipinski definition) is 0. The predicted octanol–water partition coefficient (Wildman–Crippen LogP) is 4.13. The molecule has 2 heterocycles. The van der Waals surface area contributed by atoms with Crippen LogP contribution < -0.4 is 0 Å². The zero-order chi connectivity index (χ0) is 14.0. The fourth-order valence-electron chi connectivity index (χ4n) is 1.86. The van der Waals surface area contributed by atoms with E-state index in [9.17, 15) is 0 Å². The van der Waals surface area contributed by atoms with Crippen LogP contribution in [-0.4, -0.2) is 19.5 Å². The number of nitrogens with zero attached hydrogens (tertiary/aromatic N) is 4. The third-order valence-corrected chi connectivity index (χ3v) is 4.45. The highest BCUT2D eigenvalue weighted by Crippen LogP contribution is 2.28. The molecule has 0 N–H and O–H groups in total. The molecule has 0 atom stereocenters. The summed E-state index contributed by atoms with van der Waals surface area (Å²) in [6.45, 7) is 7.24. The van der Waals surface area contributed by atoms with Crippen LogP contribution in [-0.2, 0) is 6.54 Å². The molecule has 2 aromatic rings. The summed E-state index contributed by atoms with van der Waals surface area (Å²) in [6.07, 6.45) is 4.64. The summed E-state index contributed by atoms with van der Waals surface area (Å²) in [7, 11) is 0. The van der Waals surface area contributed by atoms with Gasteiger partial charge in [0.25, 0.3) is 0 Å². The fourth-order valence-corrected chi connectivity index (χ4v) is 2.90. The Bertz CT molecular complexity index is 580. The van der Waals surface area contributed by atoms with E-state index in [1.807, 2.05) is 6.33 Å². The lowest BCUT2D eigenvalue weighted by atomic mass is 10.1. The van der Waals surface area contributed by atoms with Crippen LogP contribution in [0.15, 0.2) is 12.5 Å². The summed E-state index contributed by atoms with van der Waals surface area (Å²) in [5.41, 5.74) is 1.90. The van der Waals surface area contributed by atoms with Crippen LogP contribution in [0.1, 0.15) is 38.8 Å². The first kappa shape index (κ1) is 14.7. The van der Waals surface area contributed by atoms with E-state index in [4.69, 9.17) is 11.6 Å². The number of imidazole rings is 1. The zero-order valence-corrected chi connectivity index (χ0v) is 14.1. The van der Waals surface area contributed by atoms with Gasteiger partial charge in [0.05, 0.1) is 21.8 Å². The molecule has 2 rings (SSSR count). The van der Waals surface area contributed by atoms with Gasteiger partial charge in [-0.25, -0.2) is 15.0 Å². The first-order chi connectivity index (χ1) is 9.04. The maximum atomic E-state index is 6.22. The highest BCUT2D eigenvalue weighted by molar-refractivity contribution is 14.1. The Kier molecular flexibility index (Phi) is 4.78. The van der Waals surface area contributed by atoms with Gasteiger partial charge in [-0.3, -0.25) is 0 Å². The monoisotopic (exact) mass is 390 g/mol. The molecule has 0 radical (unpaired) electrons. The molecule has 0 spiro atoms. The number of rotatable bonds is 4. The van der Waals surface area contributed by atoms with Crippen molar-refractivity contribution in [3.05, 3.63) is 26.9 Å². The van der Waals surface area contributed by atoms with E-state index in [0.29, 0.717) is 16.9 Å². The summed E-state index contributed by atoms with van der Waals surface area (Å²) in [5.74, 6) is 0.966. The van der Waals surface area contributed by atoms with Crippen molar-refractivity contribution >= 4 is 34.2 Å². The van der Waals surface area contributed by atoms with Gasteiger partial charge in [0, 0.05) is 6.54 Å². The normalized spacial score (nSPS) is 11.3. The van der Waals surface area contributed by atoms with Gasteiger partial charge in [-0.05, 0) is 34.9 Å². The minimum atomic E-state index is 0.314. The van der Waals surface area contributed by atoms with E-state index in [0.717, 1.165) is 27.9 Å². The Labute approximate surface area is 131 Å². The Morgan fingerprint density at radius 1 is 1.37 bits per heavy atom. The Morgan fingerprint density at radius 3 is 2.74 bits per heavy atom. The third-order valence-electron chi connectivity index (χ3n) is 2.79. The lowest BCUT2D eigenvalue weighted by molar-refractivity contribution is 0.680. The Balaban J connectivity index is 2.53. The maximum Gasteiger partial charge on any atom is 0.179 e. The molecule has 0 fully saturated rings. The van der Waals surface area contributed by atoms with Gasteiger partial charge in [-0.2, -0.15) is 0 Å². The van der Waals surface area contributed by atoms with Crippen molar-refractivity contribution in [2.24, 2.45) is 0 Å². The summed E-state index contributed by atoms with van der Waals surface area (Å²) < 4.78 is 2.99. The lowest BCUT2D eigenvalue weighted by Gasteiger charge is -2.12. The molecule has 0 unspecified atom stereocenters. The third kappa shape index (κ3) is 3.08. The molecule has 0 saturated heterocycles. The fraction of sp³-hybridized carbons (Fsp3) is 0.462. The lowest BCUT2D eigenvalue weighted by Crippen LogP contribution is -2.05. The van der Waals surface area contributed by atoms with Gasteiger partial charge in [0.1, 0.15) is 10.8 Å². The topological polar surface area (TPSA) is 43.6 Å². The predicted molar refractivity (Wildman–Crippen MR) is 85.4 cm³/mol. The first-order valence-corrected chi connectivity index (χ1v) is 7.73. The number of aryl methyl sites for hydroxylation is 1. The molecule has 4 nitrogen and oxygen atoms in total. The second-order valence-electron chi connectivity index (χ2n) is 4.66. The van der Waals surface area contributed by atoms with Crippen LogP contribution in [0, 0.1) is 3.57 Å². The van der Waals surface area contributed by atoms with Crippen LogP contribution >= 0.6 is 34.2 Å². The van der Waals surface area contributed by atoms with Gasteiger partial charge in [-0.15, -0.1) is 0 Å².